The Morgan fingerprint density at radius 2 is 1.88 bits per heavy atom. The molecule has 132 valence electrons. The van der Waals surface area contributed by atoms with Gasteiger partial charge < -0.3 is 15.1 Å². The summed E-state index contributed by atoms with van der Waals surface area (Å²) in [5.41, 5.74) is 3.51. The van der Waals surface area contributed by atoms with Crippen molar-refractivity contribution in [3.63, 3.8) is 0 Å². The predicted molar refractivity (Wildman–Crippen MR) is 115 cm³/mol. The van der Waals surface area contributed by atoms with Gasteiger partial charge in [0.05, 0.1) is 17.2 Å². The Hall–Kier alpha value is -1.35. The summed E-state index contributed by atoms with van der Waals surface area (Å²) in [6, 6.07) is 8.53. The smallest absolute Gasteiger partial charge is 0.194 e. The molecule has 0 radical (unpaired) electrons. The molecular formula is C17H26IN5S. The van der Waals surface area contributed by atoms with Gasteiger partial charge in [-0.1, -0.05) is 12.1 Å². The standard InChI is InChI=1S/C17H25N5S.HI/c1-13-20-15(12-23-13)11-22(5)17(18-2)19-10-14-6-8-16(9-7-14)21(3)4;/h6-9,12H,10-11H2,1-5H3,(H,18,19);1H. The van der Waals surface area contributed by atoms with Crippen molar-refractivity contribution in [2.45, 2.75) is 20.0 Å². The number of aromatic nitrogens is 1. The van der Waals surface area contributed by atoms with Gasteiger partial charge in [-0.05, 0) is 24.6 Å². The number of nitrogens with zero attached hydrogens (tertiary/aromatic N) is 4. The summed E-state index contributed by atoms with van der Waals surface area (Å²) in [4.78, 5) is 13.0. The van der Waals surface area contributed by atoms with Gasteiger partial charge in [-0.15, -0.1) is 35.3 Å². The maximum Gasteiger partial charge on any atom is 0.194 e. The fourth-order valence-electron chi connectivity index (χ4n) is 2.28. The number of guanidine groups is 1. The van der Waals surface area contributed by atoms with E-state index in [0.29, 0.717) is 0 Å². The molecule has 0 bridgehead atoms. The maximum absolute atomic E-state index is 4.50. The molecule has 24 heavy (non-hydrogen) atoms. The molecule has 1 N–H and O–H groups in total. The summed E-state index contributed by atoms with van der Waals surface area (Å²) in [5, 5.41) is 6.59. The number of rotatable bonds is 5. The molecule has 0 saturated carbocycles. The third kappa shape index (κ3) is 5.94. The van der Waals surface area contributed by atoms with Crippen LogP contribution in [0.25, 0.3) is 0 Å². The molecule has 0 aliphatic carbocycles. The average Bonchev–Trinajstić information content (AvgIpc) is 2.93. The van der Waals surface area contributed by atoms with E-state index in [0.717, 1.165) is 29.8 Å². The van der Waals surface area contributed by atoms with Crippen molar-refractivity contribution in [2.24, 2.45) is 4.99 Å². The minimum Gasteiger partial charge on any atom is -0.378 e. The van der Waals surface area contributed by atoms with Crippen molar-refractivity contribution in [1.29, 1.82) is 0 Å². The first-order valence-corrected chi connectivity index (χ1v) is 8.46. The largest absolute Gasteiger partial charge is 0.378 e. The van der Waals surface area contributed by atoms with Gasteiger partial charge in [-0.25, -0.2) is 4.98 Å². The number of hydrogen-bond acceptors (Lipinski definition) is 4. The lowest BCUT2D eigenvalue weighted by Crippen LogP contribution is -2.38. The molecule has 2 aromatic rings. The lowest BCUT2D eigenvalue weighted by Gasteiger charge is -2.21. The zero-order valence-electron chi connectivity index (χ0n) is 14.9. The molecule has 0 atom stereocenters. The van der Waals surface area contributed by atoms with Gasteiger partial charge in [0.2, 0.25) is 0 Å². The molecule has 5 nitrogen and oxygen atoms in total. The molecule has 0 saturated heterocycles. The summed E-state index contributed by atoms with van der Waals surface area (Å²) in [5.74, 6) is 0.868. The fraction of sp³-hybridized carbons (Fsp3) is 0.412. The molecule has 1 heterocycles. The highest BCUT2D eigenvalue weighted by molar-refractivity contribution is 14.0. The van der Waals surface area contributed by atoms with Crippen LogP contribution in [-0.4, -0.2) is 44.0 Å². The van der Waals surface area contributed by atoms with Crippen LogP contribution in [0, 0.1) is 6.92 Å². The zero-order valence-corrected chi connectivity index (χ0v) is 18.1. The van der Waals surface area contributed by atoms with E-state index < -0.39 is 0 Å². The molecule has 2 rings (SSSR count). The molecule has 7 heteroatoms. The van der Waals surface area contributed by atoms with Gasteiger partial charge in [0, 0.05) is 45.8 Å². The first-order valence-electron chi connectivity index (χ1n) is 7.58. The number of aryl methyl sites for hydroxylation is 1. The van der Waals surface area contributed by atoms with Gasteiger partial charge in [0.15, 0.2) is 5.96 Å². The monoisotopic (exact) mass is 459 g/mol. The first kappa shape index (κ1) is 20.7. The molecule has 1 aromatic heterocycles. The third-order valence-electron chi connectivity index (χ3n) is 3.54. The molecule has 0 spiro atoms. The van der Waals surface area contributed by atoms with E-state index in [9.17, 15) is 0 Å². The van der Waals surface area contributed by atoms with Crippen molar-refractivity contribution >= 4 is 47.0 Å². The minimum absolute atomic E-state index is 0. The lowest BCUT2D eigenvalue weighted by molar-refractivity contribution is 0.470. The molecule has 0 aliphatic rings. The molecule has 0 fully saturated rings. The zero-order chi connectivity index (χ0) is 16.8. The van der Waals surface area contributed by atoms with Crippen LogP contribution >= 0.6 is 35.3 Å². The predicted octanol–water partition coefficient (Wildman–Crippen LogP) is 3.34. The van der Waals surface area contributed by atoms with Gasteiger partial charge in [-0.3, -0.25) is 4.99 Å². The second kappa shape index (κ2) is 9.83. The Labute approximate surface area is 165 Å². The van der Waals surface area contributed by atoms with E-state index >= 15 is 0 Å². The van der Waals surface area contributed by atoms with E-state index in [1.807, 2.05) is 28.1 Å². The van der Waals surface area contributed by atoms with Crippen LogP contribution in [0.15, 0.2) is 34.6 Å². The number of halogens is 1. The highest BCUT2D eigenvalue weighted by Crippen LogP contribution is 2.12. The summed E-state index contributed by atoms with van der Waals surface area (Å²) >= 11 is 1.68. The molecule has 1 aromatic carbocycles. The van der Waals surface area contributed by atoms with E-state index in [2.05, 4.69) is 54.7 Å². The number of nitrogens with one attached hydrogen (secondary N) is 1. The van der Waals surface area contributed by atoms with Gasteiger partial charge >= 0.3 is 0 Å². The van der Waals surface area contributed by atoms with Gasteiger partial charge in [-0.2, -0.15) is 0 Å². The van der Waals surface area contributed by atoms with E-state index in [4.69, 9.17) is 0 Å². The average molecular weight is 459 g/mol. The topological polar surface area (TPSA) is 43.8 Å². The van der Waals surface area contributed by atoms with Crippen LogP contribution in [0.3, 0.4) is 0 Å². The fourth-order valence-corrected chi connectivity index (χ4v) is 2.88. The summed E-state index contributed by atoms with van der Waals surface area (Å²) in [6.45, 7) is 3.53. The highest BCUT2D eigenvalue weighted by Gasteiger charge is 2.08. The Bertz CT molecular complexity index is 651. The Kier molecular flexibility index (Phi) is 8.47. The Balaban J connectivity index is 0.00000288. The Morgan fingerprint density at radius 3 is 2.38 bits per heavy atom. The van der Waals surface area contributed by atoms with Crippen molar-refractivity contribution in [3.8, 4) is 0 Å². The summed E-state index contributed by atoms with van der Waals surface area (Å²) in [7, 11) is 7.92. The van der Waals surface area contributed by atoms with Crippen LogP contribution in [0.4, 0.5) is 5.69 Å². The van der Waals surface area contributed by atoms with Gasteiger partial charge in [0.1, 0.15) is 0 Å². The minimum atomic E-state index is 0. The maximum atomic E-state index is 4.50. The van der Waals surface area contributed by atoms with Gasteiger partial charge in [0.25, 0.3) is 0 Å². The quantitative estimate of drug-likeness (QED) is 0.423. The third-order valence-corrected chi connectivity index (χ3v) is 4.36. The van der Waals surface area contributed by atoms with Crippen molar-refractivity contribution in [3.05, 3.63) is 45.9 Å². The second-order valence-corrected chi connectivity index (χ2v) is 6.74. The second-order valence-electron chi connectivity index (χ2n) is 5.68. The lowest BCUT2D eigenvalue weighted by atomic mass is 10.2. The Morgan fingerprint density at radius 1 is 1.21 bits per heavy atom. The molecular weight excluding hydrogens is 433 g/mol. The van der Waals surface area contributed by atoms with Crippen molar-refractivity contribution < 1.29 is 0 Å². The van der Waals surface area contributed by atoms with Crippen molar-refractivity contribution in [2.75, 3.05) is 33.1 Å². The number of thiazole rings is 1. The van der Waals surface area contributed by atoms with E-state index in [-0.39, 0.29) is 24.0 Å². The number of anilines is 1. The number of hydrogen-bond donors (Lipinski definition) is 1. The van der Waals surface area contributed by atoms with Crippen LogP contribution in [0.5, 0.6) is 0 Å². The SMILES string of the molecule is CN=C(NCc1ccc(N(C)C)cc1)N(C)Cc1csc(C)n1.I. The van der Waals surface area contributed by atoms with Crippen LogP contribution < -0.4 is 10.2 Å². The molecule has 0 aliphatic heterocycles. The highest BCUT2D eigenvalue weighted by atomic mass is 127. The summed E-state index contributed by atoms with van der Waals surface area (Å²) < 4.78 is 0. The van der Waals surface area contributed by atoms with Crippen LogP contribution in [0.1, 0.15) is 16.3 Å². The number of benzene rings is 1. The molecule has 0 amide bonds. The normalized spacial score (nSPS) is 11.0. The van der Waals surface area contributed by atoms with Crippen LogP contribution in [-0.2, 0) is 13.1 Å². The van der Waals surface area contributed by atoms with Crippen LogP contribution in [0.2, 0.25) is 0 Å². The van der Waals surface area contributed by atoms with E-state index in [1.165, 1.54) is 11.3 Å². The number of aliphatic imine (C=N–C) groups is 1. The van der Waals surface area contributed by atoms with Crippen molar-refractivity contribution in [1.82, 2.24) is 15.2 Å². The first-order chi connectivity index (χ1) is 11.0. The van der Waals surface area contributed by atoms with E-state index in [1.54, 1.807) is 18.4 Å². The molecule has 0 unspecified atom stereocenters. The summed E-state index contributed by atoms with van der Waals surface area (Å²) in [6.07, 6.45) is 0.